The molecule has 1 aliphatic carbocycles. The van der Waals surface area contributed by atoms with Crippen molar-refractivity contribution >= 4 is 6.08 Å². The lowest BCUT2D eigenvalue weighted by Gasteiger charge is -2.19. The van der Waals surface area contributed by atoms with Gasteiger partial charge < -0.3 is 14.9 Å². The average Bonchev–Trinajstić information content (AvgIpc) is 2.93. The molecule has 2 atom stereocenters. The molecular formula is C11H10O3. The molecule has 1 fully saturated rings. The molecule has 3 nitrogen and oxygen atoms in total. The molecule has 3 heteroatoms. The molecule has 1 aromatic rings. The summed E-state index contributed by atoms with van der Waals surface area (Å²) in [6.07, 6.45) is 2.17. The van der Waals surface area contributed by atoms with Gasteiger partial charge in [0.1, 0.15) is 6.10 Å². The first-order valence-corrected chi connectivity index (χ1v) is 4.57. The summed E-state index contributed by atoms with van der Waals surface area (Å²) in [5.74, 6) is 0. The minimum atomic E-state index is -1.46. The molecule has 14 heavy (non-hydrogen) atoms. The largest absolute Gasteiger partial charge is 0.365 e. The summed E-state index contributed by atoms with van der Waals surface area (Å²) in [6, 6.07) is 7.61. The molecule has 1 aromatic carbocycles. The number of ether oxygens (including phenoxy) is 1. The maximum absolute atomic E-state index is 9.32. The Balaban J connectivity index is 2.19. The molecular weight excluding hydrogens is 180 g/mol. The summed E-state index contributed by atoms with van der Waals surface area (Å²) < 4.78 is 5.37. The summed E-state index contributed by atoms with van der Waals surface area (Å²) in [5, 5.41) is 18.6. The SMILES string of the molecule is OC(O)C12OC1C=Cc1ccccc12. The van der Waals surface area contributed by atoms with Crippen molar-refractivity contribution in [2.24, 2.45) is 0 Å². The number of hydrogen-bond donors (Lipinski definition) is 2. The van der Waals surface area contributed by atoms with Crippen molar-refractivity contribution in [3.63, 3.8) is 0 Å². The Morgan fingerprint density at radius 3 is 2.86 bits per heavy atom. The van der Waals surface area contributed by atoms with Gasteiger partial charge in [-0.2, -0.15) is 0 Å². The van der Waals surface area contributed by atoms with Gasteiger partial charge in [0, 0.05) is 0 Å². The smallest absolute Gasteiger partial charge is 0.188 e. The van der Waals surface area contributed by atoms with Crippen LogP contribution < -0.4 is 0 Å². The summed E-state index contributed by atoms with van der Waals surface area (Å²) >= 11 is 0. The third-order valence-electron chi connectivity index (χ3n) is 2.90. The molecule has 0 bridgehead atoms. The van der Waals surface area contributed by atoms with Gasteiger partial charge >= 0.3 is 0 Å². The first-order chi connectivity index (χ1) is 6.75. The Hall–Kier alpha value is -1.16. The number of epoxide rings is 1. The number of aliphatic hydroxyl groups excluding tert-OH is 1. The van der Waals surface area contributed by atoms with Crippen LogP contribution in [0.25, 0.3) is 6.08 Å². The van der Waals surface area contributed by atoms with Crippen molar-refractivity contribution in [3.05, 3.63) is 41.5 Å². The van der Waals surface area contributed by atoms with Crippen LogP contribution in [0, 0.1) is 0 Å². The highest BCUT2D eigenvalue weighted by atomic mass is 16.7. The molecule has 2 unspecified atom stereocenters. The Kier molecular flexibility index (Phi) is 1.43. The van der Waals surface area contributed by atoms with Gasteiger partial charge in [0.2, 0.25) is 0 Å². The van der Waals surface area contributed by atoms with E-state index in [1.165, 1.54) is 0 Å². The van der Waals surface area contributed by atoms with Crippen LogP contribution in [-0.2, 0) is 10.3 Å². The first-order valence-electron chi connectivity index (χ1n) is 4.57. The second-order valence-electron chi connectivity index (χ2n) is 3.65. The normalized spacial score (nSPS) is 32.6. The number of aliphatic hydroxyl groups is 2. The molecule has 1 saturated heterocycles. The van der Waals surface area contributed by atoms with Crippen molar-refractivity contribution in [2.75, 3.05) is 0 Å². The topological polar surface area (TPSA) is 53.0 Å². The molecule has 72 valence electrons. The first kappa shape index (κ1) is 8.17. The second kappa shape index (κ2) is 2.45. The number of fused-ring (bicyclic) bond motifs is 3. The van der Waals surface area contributed by atoms with E-state index < -0.39 is 11.9 Å². The quantitative estimate of drug-likeness (QED) is 0.504. The minimum absolute atomic E-state index is 0.183. The molecule has 2 N–H and O–H groups in total. The van der Waals surface area contributed by atoms with Gasteiger partial charge in [0.15, 0.2) is 11.9 Å². The Morgan fingerprint density at radius 1 is 1.29 bits per heavy atom. The van der Waals surface area contributed by atoms with Crippen LogP contribution in [0.3, 0.4) is 0 Å². The maximum Gasteiger partial charge on any atom is 0.188 e. The minimum Gasteiger partial charge on any atom is -0.365 e. The van der Waals surface area contributed by atoms with E-state index in [9.17, 15) is 10.2 Å². The van der Waals surface area contributed by atoms with Crippen LogP contribution in [0.5, 0.6) is 0 Å². The van der Waals surface area contributed by atoms with Crippen LogP contribution in [0.4, 0.5) is 0 Å². The van der Waals surface area contributed by atoms with Crippen LogP contribution in [-0.4, -0.2) is 22.6 Å². The third kappa shape index (κ3) is 0.817. The fourth-order valence-corrected chi connectivity index (χ4v) is 2.11. The highest BCUT2D eigenvalue weighted by Gasteiger charge is 2.63. The molecule has 1 heterocycles. The lowest BCUT2D eigenvalue weighted by Crippen LogP contribution is -2.31. The second-order valence-corrected chi connectivity index (χ2v) is 3.65. The average molecular weight is 190 g/mol. The zero-order chi connectivity index (χ0) is 9.76. The molecule has 3 rings (SSSR count). The van der Waals surface area contributed by atoms with Gasteiger partial charge in [0.25, 0.3) is 0 Å². The number of hydrogen-bond acceptors (Lipinski definition) is 3. The van der Waals surface area contributed by atoms with Gasteiger partial charge in [-0.3, -0.25) is 0 Å². The summed E-state index contributed by atoms with van der Waals surface area (Å²) in [6.45, 7) is 0. The predicted molar refractivity (Wildman–Crippen MR) is 50.3 cm³/mol. The van der Waals surface area contributed by atoms with Gasteiger partial charge in [-0.25, -0.2) is 0 Å². The van der Waals surface area contributed by atoms with Crippen LogP contribution >= 0.6 is 0 Å². The Morgan fingerprint density at radius 2 is 2.07 bits per heavy atom. The van der Waals surface area contributed by atoms with E-state index in [0.717, 1.165) is 11.1 Å². The third-order valence-corrected chi connectivity index (χ3v) is 2.90. The monoisotopic (exact) mass is 190 g/mol. The van der Waals surface area contributed by atoms with E-state index in [4.69, 9.17) is 4.74 Å². The van der Waals surface area contributed by atoms with Crippen molar-refractivity contribution in [1.82, 2.24) is 0 Å². The predicted octanol–water partition coefficient (Wildman–Crippen LogP) is 0.618. The van der Waals surface area contributed by atoms with Crippen LogP contribution in [0.15, 0.2) is 30.3 Å². The zero-order valence-electron chi connectivity index (χ0n) is 7.42. The molecule has 1 aliphatic heterocycles. The van der Waals surface area contributed by atoms with Gasteiger partial charge in [-0.15, -0.1) is 0 Å². The standard InChI is InChI=1S/C11H10O3/c12-10(13)11-8-4-2-1-3-7(8)5-6-9(11)14-11/h1-6,9-10,12-13H. The fraction of sp³-hybridized carbons (Fsp3) is 0.273. The molecule has 0 radical (unpaired) electrons. The van der Waals surface area contributed by atoms with E-state index in [0.29, 0.717) is 0 Å². The molecule has 2 aliphatic rings. The zero-order valence-corrected chi connectivity index (χ0v) is 7.42. The van der Waals surface area contributed by atoms with Gasteiger partial charge in [-0.1, -0.05) is 36.4 Å². The molecule has 0 amide bonds. The van der Waals surface area contributed by atoms with E-state index in [-0.39, 0.29) is 6.10 Å². The highest BCUT2D eigenvalue weighted by Crippen LogP contribution is 2.53. The van der Waals surface area contributed by atoms with Gasteiger partial charge in [0.05, 0.1) is 0 Å². The lowest BCUT2D eigenvalue weighted by molar-refractivity contribution is -0.0988. The summed E-state index contributed by atoms with van der Waals surface area (Å²) in [5.41, 5.74) is 0.961. The van der Waals surface area contributed by atoms with Crippen molar-refractivity contribution in [1.29, 1.82) is 0 Å². The summed E-state index contributed by atoms with van der Waals surface area (Å²) in [4.78, 5) is 0. The highest BCUT2D eigenvalue weighted by molar-refractivity contribution is 5.62. The van der Waals surface area contributed by atoms with Crippen molar-refractivity contribution in [3.8, 4) is 0 Å². The Labute approximate surface area is 81.3 Å². The molecule has 0 aromatic heterocycles. The number of benzene rings is 1. The van der Waals surface area contributed by atoms with E-state index in [1.807, 2.05) is 36.4 Å². The lowest BCUT2D eigenvalue weighted by atomic mass is 9.86. The van der Waals surface area contributed by atoms with Gasteiger partial charge in [-0.05, 0) is 11.1 Å². The van der Waals surface area contributed by atoms with E-state index >= 15 is 0 Å². The maximum atomic E-state index is 9.32. The van der Waals surface area contributed by atoms with Crippen molar-refractivity contribution in [2.45, 2.75) is 18.0 Å². The van der Waals surface area contributed by atoms with Crippen LogP contribution in [0.1, 0.15) is 11.1 Å². The van der Waals surface area contributed by atoms with Crippen molar-refractivity contribution < 1.29 is 14.9 Å². The Bertz CT molecular complexity index is 411. The fourth-order valence-electron chi connectivity index (χ4n) is 2.11. The molecule has 0 spiro atoms. The van der Waals surface area contributed by atoms with E-state index in [2.05, 4.69) is 0 Å². The van der Waals surface area contributed by atoms with Crippen LogP contribution in [0.2, 0.25) is 0 Å². The van der Waals surface area contributed by atoms with E-state index in [1.54, 1.807) is 0 Å². The molecule has 0 saturated carbocycles. The number of rotatable bonds is 1. The summed E-state index contributed by atoms with van der Waals surface area (Å²) in [7, 11) is 0.